The Hall–Kier alpha value is -2.17. The molecular formula is C20H24O5. The second-order valence-electron chi connectivity index (χ2n) is 7.31. The van der Waals surface area contributed by atoms with Gasteiger partial charge in [-0.1, -0.05) is 24.1 Å². The summed E-state index contributed by atoms with van der Waals surface area (Å²) in [7, 11) is 0. The molecule has 0 saturated carbocycles. The fourth-order valence-electron chi connectivity index (χ4n) is 4.26. The number of carbonyl (C=O) groups excluding carboxylic acids is 3. The molecule has 2 aliphatic carbocycles. The second-order valence-corrected chi connectivity index (χ2v) is 7.31. The van der Waals surface area contributed by atoms with Gasteiger partial charge in [-0.2, -0.15) is 0 Å². The molecule has 1 aliphatic heterocycles. The third kappa shape index (κ3) is 2.75. The number of hydrogen-bond acceptors (Lipinski definition) is 5. The Kier molecular flexibility index (Phi) is 4.43. The van der Waals surface area contributed by atoms with Crippen LogP contribution in [0, 0.1) is 17.8 Å². The summed E-state index contributed by atoms with van der Waals surface area (Å²) >= 11 is 0. The number of ketones is 1. The number of esters is 2. The van der Waals surface area contributed by atoms with Crippen LogP contribution in [-0.4, -0.2) is 29.9 Å². The van der Waals surface area contributed by atoms with Crippen molar-refractivity contribution in [3.8, 4) is 0 Å². The van der Waals surface area contributed by atoms with Gasteiger partial charge in [-0.15, -0.1) is 0 Å². The monoisotopic (exact) mass is 344 g/mol. The Labute approximate surface area is 147 Å². The van der Waals surface area contributed by atoms with E-state index in [1.165, 1.54) is 0 Å². The van der Waals surface area contributed by atoms with Gasteiger partial charge in [-0.05, 0) is 33.8 Å². The van der Waals surface area contributed by atoms with Crippen molar-refractivity contribution in [2.75, 3.05) is 0 Å². The van der Waals surface area contributed by atoms with Crippen molar-refractivity contribution in [3.63, 3.8) is 0 Å². The van der Waals surface area contributed by atoms with Crippen LogP contribution in [0.1, 0.15) is 41.0 Å². The van der Waals surface area contributed by atoms with E-state index in [-0.39, 0.29) is 35.5 Å². The summed E-state index contributed by atoms with van der Waals surface area (Å²) in [6.45, 7) is 9.09. The lowest BCUT2D eigenvalue weighted by atomic mass is 9.79. The summed E-state index contributed by atoms with van der Waals surface area (Å²) in [5, 5.41) is 0. The van der Waals surface area contributed by atoms with E-state index < -0.39 is 12.2 Å². The second kappa shape index (κ2) is 6.28. The predicted octanol–water partition coefficient (Wildman–Crippen LogP) is 2.91. The van der Waals surface area contributed by atoms with E-state index in [1.807, 2.05) is 20.8 Å². The average Bonchev–Trinajstić information content (AvgIpc) is 2.96. The van der Waals surface area contributed by atoms with E-state index in [9.17, 15) is 14.4 Å². The Balaban J connectivity index is 2.02. The van der Waals surface area contributed by atoms with Crippen LogP contribution in [0.3, 0.4) is 0 Å². The summed E-state index contributed by atoms with van der Waals surface area (Å²) in [6, 6.07) is 0. The van der Waals surface area contributed by atoms with Crippen LogP contribution in [0.2, 0.25) is 0 Å². The van der Waals surface area contributed by atoms with E-state index in [0.717, 1.165) is 11.1 Å². The largest absolute Gasteiger partial charge is 0.461 e. The zero-order valence-corrected chi connectivity index (χ0v) is 15.3. The molecule has 5 heteroatoms. The molecule has 0 spiro atoms. The molecule has 0 bridgehead atoms. The maximum Gasteiger partial charge on any atom is 0.333 e. The molecule has 1 heterocycles. The summed E-state index contributed by atoms with van der Waals surface area (Å²) in [6.07, 6.45) is 2.85. The summed E-state index contributed by atoms with van der Waals surface area (Å²) in [4.78, 5) is 37.0. The van der Waals surface area contributed by atoms with Gasteiger partial charge in [0.25, 0.3) is 0 Å². The molecule has 1 fully saturated rings. The van der Waals surface area contributed by atoms with Gasteiger partial charge in [0.2, 0.25) is 0 Å². The third-order valence-corrected chi connectivity index (χ3v) is 5.74. The van der Waals surface area contributed by atoms with Gasteiger partial charge >= 0.3 is 11.9 Å². The lowest BCUT2D eigenvalue weighted by Crippen LogP contribution is -2.38. The number of rotatable bonds is 2. The van der Waals surface area contributed by atoms with Crippen LogP contribution in [0.5, 0.6) is 0 Å². The van der Waals surface area contributed by atoms with Crippen LogP contribution in [-0.2, 0) is 23.9 Å². The molecule has 25 heavy (non-hydrogen) atoms. The average molecular weight is 344 g/mol. The molecule has 0 aromatic heterocycles. The minimum atomic E-state index is -0.479. The van der Waals surface area contributed by atoms with Crippen molar-refractivity contribution in [1.82, 2.24) is 0 Å². The molecule has 0 aromatic carbocycles. The number of hydrogen-bond donors (Lipinski definition) is 0. The van der Waals surface area contributed by atoms with E-state index in [4.69, 9.17) is 9.47 Å². The normalized spacial score (nSPS) is 35.0. The molecule has 3 rings (SSSR count). The number of carbonyl (C=O) groups is 3. The van der Waals surface area contributed by atoms with Crippen LogP contribution in [0.4, 0.5) is 0 Å². The van der Waals surface area contributed by atoms with Gasteiger partial charge in [0, 0.05) is 29.4 Å². The van der Waals surface area contributed by atoms with Crippen LogP contribution in [0.15, 0.2) is 34.4 Å². The fourth-order valence-corrected chi connectivity index (χ4v) is 4.26. The molecule has 0 radical (unpaired) electrons. The quantitative estimate of drug-likeness (QED) is 0.569. The van der Waals surface area contributed by atoms with Crippen molar-refractivity contribution >= 4 is 17.7 Å². The fraction of sp³-hybridized carbons (Fsp3) is 0.550. The first-order chi connectivity index (χ1) is 11.8. The van der Waals surface area contributed by atoms with E-state index in [1.54, 1.807) is 26.0 Å². The Morgan fingerprint density at radius 2 is 2.00 bits per heavy atom. The van der Waals surface area contributed by atoms with Crippen molar-refractivity contribution in [2.24, 2.45) is 17.8 Å². The lowest BCUT2D eigenvalue weighted by molar-refractivity contribution is -0.148. The molecule has 1 saturated heterocycles. The molecule has 5 atom stereocenters. The maximum atomic E-state index is 12.4. The van der Waals surface area contributed by atoms with Gasteiger partial charge in [-0.3, -0.25) is 9.59 Å². The molecular weight excluding hydrogens is 320 g/mol. The van der Waals surface area contributed by atoms with Gasteiger partial charge in [-0.25, -0.2) is 4.79 Å². The summed E-state index contributed by atoms with van der Waals surface area (Å²) < 4.78 is 11.4. The smallest absolute Gasteiger partial charge is 0.333 e. The molecule has 0 amide bonds. The van der Waals surface area contributed by atoms with Crippen molar-refractivity contribution in [2.45, 2.75) is 53.2 Å². The van der Waals surface area contributed by atoms with E-state index in [0.29, 0.717) is 17.6 Å². The Morgan fingerprint density at radius 3 is 2.64 bits per heavy atom. The Bertz CT molecular complexity index is 739. The summed E-state index contributed by atoms with van der Waals surface area (Å²) in [5.74, 6) is -1.55. The first-order valence-electron chi connectivity index (χ1n) is 8.72. The van der Waals surface area contributed by atoms with Crippen molar-refractivity contribution < 1.29 is 23.9 Å². The van der Waals surface area contributed by atoms with Crippen molar-refractivity contribution in [1.29, 1.82) is 0 Å². The highest BCUT2D eigenvalue weighted by atomic mass is 16.6. The first kappa shape index (κ1) is 17.6. The molecule has 0 aromatic rings. The van der Waals surface area contributed by atoms with Crippen LogP contribution < -0.4 is 0 Å². The van der Waals surface area contributed by atoms with Crippen molar-refractivity contribution in [3.05, 3.63) is 34.4 Å². The highest BCUT2D eigenvalue weighted by molar-refractivity contribution is 6.09. The number of ether oxygens (including phenoxy) is 2. The van der Waals surface area contributed by atoms with Gasteiger partial charge < -0.3 is 9.47 Å². The highest BCUT2D eigenvalue weighted by Gasteiger charge is 2.55. The Morgan fingerprint density at radius 1 is 1.32 bits per heavy atom. The standard InChI is InChI=1S/C20H24O5/c1-6-9(2)19(22)24-14-8-11(4)15-13(21)7-10(3)16(15)18-17(14)12(5)20(23)25-18/h6-7,12,14,16-18H,8H2,1-5H3/b9-6+/t12-,14+,16+,17-,18-/m1/s1. The topological polar surface area (TPSA) is 69.7 Å². The number of allylic oxidation sites excluding steroid dienone is 2. The van der Waals surface area contributed by atoms with Gasteiger partial charge in [0.1, 0.15) is 12.2 Å². The minimum absolute atomic E-state index is 0.0223. The first-order valence-corrected chi connectivity index (χ1v) is 8.72. The molecule has 134 valence electrons. The van der Waals surface area contributed by atoms with Gasteiger partial charge in [0.15, 0.2) is 5.78 Å². The predicted molar refractivity (Wildman–Crippen MR) is 91.4 cm³/mol. The molecule has 0 unspecified atom stereocenters. The van der Waals surface area contributed by atoms with E-state index in [2.05, 4.69) is 0 Å². The SMILES string of the molecule is C/C=C(\C)C(=O)O[C@H]1CC(C)=C2C(=O)C=C(C)[C@@H]2[C@H]2OC(=O)[C@H](C)[C@@H]21. The highest BCUT2D eigenvalue weighted by Crippen LogP contribution is 2.48. The molecule has 5 nitrogen and oxygen atoms in total. The minimum Gasteiger partial charge on any atom is -0.461 e. The zero-order valence-electron chi connectivity index (χ0n) is 15.3. The van der Waals surface area contributed by atoms with E-state index >= 15 is 0 Å². The van der Waals surface area contributed by atoms with Gasteiger partial charge in [0.05, 0.1) is 5.92 Å². The van der Waals surface area contributed by atoms with Crippen LogP contribution >= 0.6 is 0 Å². The van der Waals surface area contributed by atoms with Crippen LogP contribution in [0.25, 0.3) is 0 Å². The summed E-state index contributed by atoms with van der Waals surface area (Å²) in [5.41, 5.74) is 3.05. The lowest BCUT2D eigenvalue weighted by Gasteiger charge is -2.29. The molecule has 3 aliphatic rings. The maximum absolute atomic E-state index is 12.4. The third-order valence-electron chi connectivity index (χ3n) is 5.74. The molecule has 0 N–H and O–H groups in total. The number of fused-ring (bicyclic) bond motifs is 3. The zero-order chi connectivity index (χ0) is 18.5.